The van der Waals surface area contributed by atoms with Gasteiger partial charge >= 0.3 is 0 Å². The van der Waals surface area contributed by atoms with E-state index in [0.717, 1.165) is 15.3 Å². The Balaban J connectivity index is 1.97. The molecule has 2 rings (SSSR count). The summed E-state index contributed by atoms with van der Waals surface area (Å²) in [6.45, 7) is 2.15. The monoisotopic (exact) mass is 286 g/mol. The molecule has 0 aliphatic carbocycles. The Morgan fingerprint density at radius 1 is 1.45 bits per heavy atom. The highest BCUT2D eigenvalue weighted by Crippen LogP contribution is 2.15. The summed E-state index contributed by atoms with van der Waals surface area (Å²) in [4.78, 5) is 17.9. The van der Waals surface area contributed by atoms with Crippen LogP contribution in [0.3, 0.4) is 0 Å². The third kappa shape index (κ3) is 3.67. The molecule has 4 nitrogen and oxygen atoms in total. The topological polar surface area (TPSA) is 62.2 Å². The van der Waals surface area contributed by atoms with Crippen LogP contribution in [-0.4, -0.2) is 22.6 Å². The summed E-state index contributed by atoms with van der Waals surface area (Å²) in [7, 11) is 0. The first kappa shape index (κ1) is 14.3. The summed E-state index contributed by atoms with van der Waals surface area (Å²) >= 11 is 1.49. The van der Waals surface area contributed by atoms with Crippen molar-refractivity contribution < 1.29 is 9.90 Å². The molecule has 0 radical (unpaired) electrons. The van der Waals surface area contributed by atoms with Gasteiger partial charge in [-0.05, 0) is 30.7 Å². The van der Waals surface area contributed by atoms with Gasteiger partial charge in [0.2, 0.25) is 0 Å². The average molecular weight is 286 g/mol. The first-order chi connectivity index (χ1) is 9.70. The van der Waals surface area contributed by atoms with E-state index in [1.165, 1.54) is 11.3 Å². The van der Waals surface area contributed by atoms with Crippen molar-refractivity contribution in [2.24, 2.45) is 0 Å². The first-order valence-corrected chi connectivity index (χ1v) is 6.90. The summed E-state index contributed by atoms with van der Waals surface area (Å²) in [5, 5.41) is 11.5. The Labute approximate surface area is 121 Å². The van der Waals surface area contributed by atoms with Crippen LogP contribution in [0.4, 0.5) is 0 Å². The summed E-state index contributed by atoms with van der Waals surface area (Å²) in [6.07, 6.45) is 1.61. The molecule has 0 bridgehead atoms. The minimum atomic E-state index is -0.181. The molecule has 0 saturated heterocycles. The number of thiophene rings is 1. The molecule has 0 fully saturated rings. The zero-order valence-corrected chi connectivity index (χ0v) is 11.8. The Morgan fingerprint density at radius 2 is 2.30 bits per heavy atom. The maximum Gasteiger partial charge on any atom is 0.270 e. The highest BCUT2D eigenvalue weighted by Gasteiger charge is 2.09. The van der Waals surface area contributed by atoms with Crippen molar-refractivity contribution >= 4 is 17.2 Å². The average Bonchev–Trinajstić information content (AvgIpc) is 2.91. The lowest BCUT2D eigenvalue weighted by molar-refractivity contribution is 0.0945. The van der Waals surface area contributed by atoms with Gasteiger partial charge in [0, 0.05) is 11.1 Å². The highest BCUT2D eigenvalue weighted by molar-refractivity contribution is 7.12. The van der Waals surface area contributed by atoms with E-state index >= 15 is 0 Å². The van der Waals surface area contributed by atoms with Gasteiger partial charge in [-0.15, -0.1) is 11.3 Å². The molecule has 0 unspecified atom stereocenters. The predicted molar refractivity (Wildman–Crippen MR) is 78.4 cm³/mol. The van der Waals surface area contributed by atoms with Crippen molar-refractivity contribution in [1.29, 1.82) is 0 Å². The van der Waals surface area contributed by atoms with E-state index in [1.54, 1.807) is 12.3 Å². The molecule has 2 heterocycles. The molecular formula is C15H14N2O2S. The van der Waals surface area contributed by atoms with Crippen LogP contribution in [0.1, 0.15) is 25.8 Å². The zero-order valence-electron chi connectivity index (χ0n) is 11.0. The van der Waals surface area contributed by atoms with Crippen LogP contribution in [0.25, 0.3) is 0 Å². The molecule has 0 saturated carbocycles. The van der Waals surface area contributed by atoms with Crippen molar-refractivity contribution in [2.75, 3.05) is 6.61 Å². The maximum absolute atomic E-state index is 12.0. The van der Waals surface area contributed by atoms with Gasteiger partial charge in [0.05, 0.1) is 11.4 Å². The van der Waals surface area contributed by atoms with Crippen molar-refractivity contribution in [3.8, 4) is 11.8 Å². The molecule has 5 heteroatoms. The van der Waals surface area contributed by atoms with Crippen LogP contribution >= 0.6 is 11.3 Å². The quantitative estimate of drug-likeness (QED) is 0.845. The van der Waals surface area contributed by atoms with Gasteiger partial charge < -0.3 is 10.4 Å². The molecule has 0 aliphatic rings. The van der Waals surface area contributed by atoms with Crippen molar-refractivity contribution in [1.82, 2.24) is 10.3 Å². The van der Waals surface area contributed by atoms with Crippen molar-refractivity contribution in [3.05, 3.63) is 51.5 Å². The molecule has 0 spiro atoms. The van der Waals surface area contributed by atoms with Crippen LogP contribution in [0.5, 0.6) is 0 Å². The summed E-state index contributed by atoms with van der Waals surface area (Å²) in [6, 6.07) is 7.45. The standard InChI is InChI=1S/C15H14N2O2S/c1-11-4-2-8-16-14(11)15(19)17-10-13-7-6-12(20-13)5-3-9-18/h2,4,6-8,18H,9-10H2,1H3,(H,17,19). The summed E-state index contributed by atoms with van der Waals surface area (Å²) in [5.74, 6) is 5.25. The SMILES string of the molecule is Cc1cccnc1C(=O)NCc1ccc(C#CCO)s1. The Bertz CT molecular complexity index is 668. The van der Waals surface area contributed by atoms with Crippen molar-refractivity contribution in [2.45, 2.75) is 13.5 Å². The molecule has 20 heavy (non-hydrogen) atoms. The lowest BCUT2D eigenvalue weighted by Gasteiger charge is -2.05. The van der Waals surface area contributed by atoms with Gasteiger partial charge in [0.15, 0.2) is 0 Å². The van der Waals surface area contributed by atoms with E-state index in [0.29, 0.717) is 12.2 Å². The fraction of sp³-hybridized carbons (Fsp3) is 0.200. The summed E-state index contributed by atoms with van der Waals surface area (Å²) in [5.41, 5.74) is 1.30. The number of carbonyl (C=O) groups excluding carboxylic acids is 1. The van der Waals surface area contributed by atoms with Gasteiger partial charge in [-0.1, -0.05) is 17.9 Å². The number of carbonyl (C=O) groups is 1. The van der Waals surface area contributed by atoms with E-state index in [4.69, 9.17) is 5.11 Å². The molecule has 2 aromatic heterocycles. The lowest BCUT2D eigenvalue weighted by atomic mass is 10.2. The van der Waals surface area contributed by atoms with Crippen LogP contribution in [-0.2, 0) is 6.54 Å². The van der Waals surface area contributed by atoms with Gasteiger partial charge in [0.25, 0.3) is 5.91 Å². The second-order valence-corrected chi connectivity index (χ2v) is 5.25. The zero-order chi connectivity index (χ0) is 14.4. The molecule has 0 atom stereocenters. The third-order valence-corrected chi connectivity index (χ3v) is 3.60. The fourth-order valence-electron chi connectivity index (χ4n) is 1.64. The van der Waals surface area contributed by atoms with Gasteiger partial charge in [-0.2, -0.15) is 0 Å². The van der Waals surface area contributed by atoms with Crippen molar-refractivity contribution in [3.63, 3.8) is 0 Å². The number of aliphatic hydroxyl groups is 1. The number of nitrogens with zero attached hydrogens (tertiary/aromatic N) is 1. The van der Waals surface area contributed by atoms with E-state index in [2.05, 4.69) is 22.1 Å². The lowest BCUT2D eigenvalue weighted by Crippen LogP contribution is -2.24. The van der Waals surface area contributed by atoms with Crippen LogP contribution < -0.4 is 5.32 Å². The van der Waals surface area contributed by atoms with Gasteiger partial charge in [-0.3, -0.25) is 9.78 Å². The number of aliphatic hydroxyl groups excluding tert-OH is 1. The number of amides is 1. The van der Waals surface area contributed by atoms with E-state index in [1.807, 2.05) is 25.1 Å². The number of aromatic nitrogens is 1. The van der Waals surface area contributed by atoms with E-state index in [-0.39, 0.29) is 12.5 Å². The van der Waals surface area contributed by atoms with Gasteiger partial charge in [-0.25, -0.2) is 0 Å². The Kier molecular flexibility index (Phi) is 4.88. The molecule has 2 N–H and O–H groups in total. The fourth-order valence-corrected chi connectivity index (χ4v) is 2.46. The molecule has 102 valence electrons. The first-order valence-electron chi connectivity index (χ1n) is 6.09. The number of aryl methyl sites for hydroxylation is 1. The number of hydrogen-bond acceptors (Lipinski definition) is 4. The Morgan fingerprint density at radius 3 is 3.05 bits per heavy atom. The molecule has 1 amide bonds. The number of rotatable bonds is 3. The number of pyridine rings is 1. The van der Waals surface area contributed by atoms with Gasteiger partial charge in [0.1, 0.15) is 12.3 Å². The smallest absolute Gasteiger partial charge is 0.270 e. The predicted octanol–water partition coefficient (Wildman–Crippen LogP) is 1.73. The molecular weight excluding hydrogens is 272 g/mol. The third-order valence-electron chi connectivity index (χ3n) is 2.60. The second-order valence-electron chi connectivity index (χ2n) is 4.08. The molecule has 0 aromatic carbocycles. The normalized spacial score (nSPS) is 9.70. The van der Waals surface area contributed by atoms with E-state index in [9.17, 15) is 4.79 Å². The minimum Gasteiger partial charge on any atom is -0.384 e. The van der Waals surface area contributed by atoms with Crippen LogP contribution in [0, 0.1) is 18.8 Å². The molecule has 0 aliphatic heterocycles. The minimum absolute atomic E-state index is 0.150. The van der Waals surface area contributed by atoms with Crippen LogP contribution in [0.2, 0.25) is 0 Å². The van der Waals surface area contributed by atoms with Crippen LogP contribution in [0.15, 0.2) is 30.5 Å². The molecule has 2 aromatic rings. The maximum atomic E-state index is 12.0. The highest BCUT2D eigenvalue weighted by atomic mass is 32.1. The largest absolute Gasteiger partial charge is 0.384 e. The summed E-state index contributed by atoms with van der Waals surface area (Å²) < 4.78 is 0. The number of nitrogens with one attached hydrogen (secondary N) is 1. The Hall–Kier alpha value is -2.16. The van der Waals surface area contributed by atoms with E-state index < -0.39 is 0 Å². The number of hydrogen-bond donors (Lipinski definition) is 2. The second kappa shape index (κ2) is 6.85.